The molecule has 0 aliphatic rings. The lowest BCUT2D eigenvalue weighted by Crippen LogP contribution is -2.13. The van der Waals surface area contributed by atoms with Gasteiger partial charge in [-0.25, -0.2) is 4.98 Å². The smallest absolute Gasteiger partial charge is 0.256 e. The molecule has 0 aliphatic heterocycles. The molecule has 0 spiro atoms. The summed E-state index contributed by atoms with van der Waals surface area (Å²) >= 11 is 0. The lowest BCUT2D eigenvalue weighted by atomic mass is 10.1. The minimum atomic E-state index is -0.166. The minimum Gasteiger partial charge on any atom is -0.326 e. The first kappa shape index (κ1) is 13.2. The number of benzene rings is 1. The molecule has 0 saturated carbocycles. The molecule has 2 rings (SSSR count). The summed E-state index contributed by atoms with van der Waals surface area (Å²) in [5.41, 5.74) is 9.07. The fourth-order valence-corrected chi connectivity index (χ4v) is 1.89. The molecule has 0 radical (unpaired) electrons. The van der Waals surface area contributed by atoms with Gasteiger partial charge in [0, 0.05) is 17.8 Å². The van der Waals surface area contributed by atoms with Crippen molar-refractivity contribution >= 4 is 11.7 Å². The van der Waals surface area contributed by atoms with Gasteiger partial charge in [-0.3, -0.25) is 4.79 Å². The highest BCUT2D eigenvalue weighted by Crippen LogP contribution is 2.11. The summed E-state index contributed by atoms with van der Waals surface area (Å²) in [4.78, 5) is 16.3. The van der Waals surface area contributed by atoms with E-state index < -0.39 is 0 Å². The van der Waals surface area contributed by atoms with Crippen molar-refractivity contribution in [3.05, 3.63) is 58.8 Å². The molecule has 1 heterocycles. The Labute approximate surface area is 112 Å². The van der Waals surface area contributed by atoms with Crippen molar-refractivity contribution < 1.29 is 4.79 Å². The van der Waals surface area contributed by atoms with E-state index in [-0.39, 0.29) is 5.91 Å². The van der Waals surface area contributed by atoms with Gasteiger partial charge in [-0.1, -0.05) is 12.1 Å². The van der Waals surface area contributed by atoms with Gasteiger partial charge < -0.3 is 11.1 Å². The first-order chi connectivity index (χ1) is 9.08. The molecule has 0 unspecified atom stereocenters. The Bertz CT molecular complexity index is 571. The molecule has 98 valence electrons. The van der Waals surface area contributed by atoms with E-state index in [0.717, 1.165) is 16.8 Å². The van der Waals surface area contributed by atoms with Gasteiger partial charge in [0.2, 0.25) is 0 Å². The fraction of sp³-hybridized carbons (Fsp3) is 0.200. The number of carbonyl (C=O) groups is 1. The summed E-state index contributed by atoms with van der Waals surface area (Å²) in [6.45, 7) is 4.35. The predicted molar refractivity (Wildman–Crippen MR) is 76.0 cm³/mol. The number of amides is 1. The normalized spacial score (nSPS) is 10.3. The average molecular weight is 255 g/mol. The van der Waals surface area contributed by atoms with Crippen LogP contribution in [-0.2, 0) is 6.54 Å². The second-order valence-corrected chi connectivity index (χ2v) is 4.53. The minimum absolute atomic E-state index is 0.166. The van der Waals surface area contributed by atoms with Gasteiger partial charge in [0.05, 0.1) is 0 Å². The van der Waals surface area contributed by atoms with Crippen molar-refractivity contribution in [1.29, 1.82) is 0 Å². The van der Waals surface area contributed by atoms with E-state index in [1.54, 1.807) is 12.1 Å². The van der Waals surface area contributed by atoms with Crippen LogP contribution in [0.15, 0.2) is 36.4 Å². The number of pyridine rings is 1. The Kier molecular flexibility index (Phi) is 3.92. The molecular formula is C15H17N3O. The number of hydrogen-bond donors (Lipinski definition) is 2. The van der Waals surface area contributed by atoms with E-state index in [1.165, 1.54) is 0 Å². The molecule has 0 atom stereocenters. The highest BCUT2D eigenvalue weighted by atomic mass is 16.1. The third kappa shape index (κ3) is 3.39. The van der Waals surface area contributed by atoms with Crippen LogP contribution >= 0.6 is 0 Å². The number of aryl methyl sites for hydroxylation is 2. The maximum absolute atomic E-state index is 12.1. The van der Waals surface area contributed by atoms with E-state index >= 15 is 0 Å². The van der Waals surface area contributed by atoms with Gasteiger partial charge in [-0.05, 0) is 49.2 Å². The lowest BCUT2D eigenvalue weighted by molar-refractivity contribution is 0.102. The average Bonchev–Trinajstić information content (AvgIpc) is 2.37. The molecule has 0 aliphatic carbocycles. The number of nitrogens with two attached hydrogens (primary N) is 1. The zero-order valence-corrected chi connectivity index (χ0v) is 11.1. The summed E-state index contributed by atoms with van der Waals surface area (Å²) in [6, 6.07) is 11.0. The zero-order chi connectivity index (χ0) is 13.8. The molecule has 3 N–H and O–H groups in total. The van der Waals surface area contributed by atoms with Crippen molar-refractivity contribution in [2.75, 3.05) is 5.32 Å². The molecule has 1 aromatic heterocycles. The molecule has 0 fully saturated rings. The number of anilines is 1. The molecule has 2 aromatic rings. The van der Waals surface area contributed by atoms with Crippen LogP contribution < -0.4 is 11.1 Å². The molecule has 0 bridgehead atoms. The second kappa shape index (κ2) is 5.63. The number of aromatic nitrogens is 1. The molecule has 4 nitrogen and oxygen atoms in total. The maximum Gasteiger partial charge on any atom is 0.256 e. The third-order valence-corrected chi connectivity index (χ3v) is 2.79. The van der Waals surface area contributed by atoms with Crippen LogP contribution in [0.3, 0.4) is 0 Å². The first-order valence-electron chi connectivity index (χ1n) is 6.14. The van der Waals surface area contributed by atoms with Gasteiger partial charge in [0.1, 0.15) is 5.82 Å². The largest absolute Gasteiger partial charge is 0.326 e. The van der Waals surface area contributed by atoms with E-state index in [2.05, 4.69) is 10.3 Å². The Hall–Kier alpha value is -2.20. The SMILES string of the molecule is Cc1cc(C)nc(NC(=O)c2ccc(CN)cc2)c1. The van der Waals surface area contributed by atoms with Crippen molar-refractivity contribution in [3.8, 4) is 0 Å². The molecule has 19 heavy (non-hydrogen) atoms. The third-order valence-electron chi connectivity index (χ3n) is 2.79. The monoisotopic (exact) mass is 255 g/mol. The molecular weight excluding hydrogens is 238 g/mol. The fourth-order valence-electron chi connectivity index (χ4n) is 1.89. The Morgan fingerprint density at radius 1 is 1.21 bits per heavy atom. The Morgan fingerprint density at radius 2 is 1.89 bits per heavy atom. The quantitative estimate of drug-likeness (QED) is 0.885. The second-order valence-electron chi connectivity index (χ2n) is 4.53. The van der Waals surface area contributed by atoms with Crippen LogP contribution in [-0.4, -0.2) is 10.9 Å². The first-order valence-corrected chi connectivity index (χ1v) is 6.14. The van der Waals surface area contributed by atoms with Crippen molar-refractivity contribution in [2.24, 2.45) is 5.73 Å². The maximum atomic E-state index is 12.1. The van der Waals surface area contributed by atoms with E-state index in [1.807, 2.05) is 38.1 Å². The van der Waals surface area contributed by atoms with Crippen LogP contribution in [0.25, 0.3) is 0 Å². The van der Waals surface area contributed by atoms with E-state index in [0.29, 0.717) is 17.9 Å². The van der Waals surface area contributed by atoms with Gasteiger partial charge >= 0.3 is 0 Å². The van der Waals surface area contributed by atoms with Gasteiger partial charge in [0.25, 0.3) is 5.91 Å². The number of rotatable bonds is 3. The van der Waals surface area contributed by atoms with E-state index in [4.69, 9.17) is 5.73 Å². The summed E-state index contributed by atoms with van der Waals surface area (Å²) in [5, 5.41) is 2.80. The van der Waals surface area contributed by atoms with Crippen molar-refractivity contribution in [2.45, 2.75) is 20.4 Å². The standard InChI is InChI=1S/C15H17N3O/c1-10-7-11(2)17-14(8-10)18-15(19)13-5-3-12(9-16)4-6-13/h3-8H,9,16H2,1-2H3,(H,17,18,19). The zero-order valence-electron chi connectivity index (χ0n) is 11.1. The highest BCUT2D eigenvalue weighted by Gasteiger charge is 2.07. The number of nitrogens with zero attached hydrogens (tertiary/aromatic N) is 1. The molecule has 0 saturated heterocycles. The van der Waals surface area contributed by atoms with Crippen LogP contribution in [0.5, 0.6) is 0 Å². The summed E-state index contributed by atoms with van der Waals surface area (Å²) < 4.78 is 0. The molecule has 1 aromatic carbocycles. The van der Waals surface area contributed by atoms with Crippen LogP contribution in [0.4, 0.5) is 5.82 Å². The van der Waals surface area contributed by atoms with Crippen LogP contribution in [0.1, 0.15) is 27.2 Å². The number of carbonyl (C=O) groups excluding carboxylic acids is 1. The van der Waals surface area contributed by atoms with Gasteiger partial charge in [-0.2, -0.15) is 0 Å². The summed E-state index contributed by atoms with van der Waals surface area (Å²) in [5.74, 6) is 0.409. The summed E-state index contributed by atoms with van der Waals surface area (Å²) in [7, 11) is 0. The number of nitrogens with one attached hydrogen (secondary N) is 1. The summed E-state index contributed by atoms with van der Waals surface area (Å²) in [6.07, 6.45) is 0. The van der Waals surface area contributed by atoms with Gasteiger partial charge in [0.15, 0.2) is 0 Å². The Morgan fingerprint density at radius 3 is 2.47 bits per heavy atom. The highest BCUT2D eigenvalue weighted by molar-refractivity contribution is 6.03. The molecule has 1 amide bonds. The molecule has 4 heteroatoms. The predicted octanol–water partition coefficient (Wildman–Crippen LogP) is 2.41. The topological polar surface area (TPSA) is 68.0 Å². The Balaban J connectivity index is 2.15. The van der Waals surface area contributed by atoms with Crippen molar-refractivity contribution in [1.82, 2.24) is 4.98 Å². The van der Waals surface area contributed by atoms with Gasteiger partial charge in [-0.15, -0.1) is 0 Å². The van der Waals surface area contributed by atoms with Crippen LogP contribution in [0.2, 0.25) is 0 Å². The lowest BCUT2D eigenvalue weighted by Gasteiger charge is -2.07. The van der Waals surface area contributed by atoms with Crippen molar-refractivity contribution in [3.63, 3.8) is 0 Å². The number of hydrogen-bond acceptors (Lipinski definition) is 3. The van der Waals surface area contributed by atoms with E-state index in [9.17, 15) is 4.79 Å². The van der Waals surface area contributed by atoms with Crippen LogP contribution in [0, 0.1) is 13.8 Å².